The Morgan fingerprint density at radius 1 is 1.39 bits per heavy atom. The van der Waals surface area contributed by atoms with E-state index in [1.165, 1.54) is 0 Å². The first-order chi connectivity index (χ1) is 8.69. The zero-order valence-corrected chi connectivity index (χ0v) is 11.1. The SMILES string of the molecule is CCCC(C)NCC(C(N)=NO)c1ccccc1. The average molecular weight is 249 g/mol. The normalized spacial score (nSPS) is 15.3. The van der Waals surface area contributed by atoms with E-state index in [4.69, 9.17) is 10.9 Å². The van der Waals surface area contributed by atoms with E-state index in [1.807, 2.05) is 30.3 Å². The third kappa shape index (κ3) is 4.37. The van der Waals surface area contributed by atoms with Crippen molar-refractivity contribution in [2.45, 2.75) is 38.6 Å². The van der Waals surface area contributed by atoms with Crippen LogP contribution in [0, 0.1) is 0 Å². The molecule has 1 aromatic rings. The highest BCUT2D eigenvalue weighted by atomic mass is 16.4. The molecule has 4 nitrogen and oxygen atoms in total. The highest BCUT2D eigenvalue weighted by Crippen LogP contribution is 2.15. The number of rotatable bonds is 7. The fraction of sp³-hybridized carbons (Fsp3) is 0.500. The first-order valence-electron chi connectivity index (χ1n) is 6.44. The fourth-order valence-electron chi connectivity index (χ4n) is 2.00. The van der Waals surface area contributed by atoms with Crippen LogP contribution in [0.15, 0.2) is 35.5 Å². The van der Waals surface area contributed by atoms with Crippen LogP contribution < -0.4 is 11.1 Å². The number of hydrogen-bond donors (Lipinski definition) is 3. The second kappa shape index (κ2) is 7.71. The minimum atomic E-state index is -0.0875. The Hall–Kier alpha value is -1.55. The molecule has 0 fully saturated rings. The largest absolute Gasteiger partial charge is 0.409 e. The molecule has 0 aliphatic heterocycles. The van der Waals surface area contributed by atoms with E-state index >= 15 is 0 Å². The molecule has 1 aromatic carbocycles. The summed E-state index contributed by atoms with van der Waals surface area (Å²) in [6.07, 6.45) is 2.27. The van der Waals surface area contributed by atoms with Crippen molar-refractivity contribution in [2.24, 2.45) is 10.9 Å². The standard InChI is InChI=1S/C14H23N3O/c1-3-7-11(2)16-10-13(14(15)17-18)12-8-5-4-6-9-12/h4-6,8-9,11,13,16,18H,3,7,10H2,1-2H3,(H2,15,17). The summed E-state index contributed by atoms with van der Waals surface area (Å²) in [6.45, 7) is 5.00. The van der Waals surface area contributed by atoms with E-state index in [2.05, 4.69) is 24.3 Å². The van der Waals surface area contributed by atoms with Crippen molar-refractivity contribution in [1.29, 1.82) is 0 Å². The first kappa shape index (κ1) is 14.5. The van der Waals surface area contributed by atoms with E-state index in [0.29, 0.717) is 12.6 Å². The predicted molar refractivity (Wildman–Crippen MR) is 75.0 cm³/mol. The molecular formula is C14H23N3O. The van der Waals surface area contributed by atoms with Crippen LogP contribution >= 0.6 is 0 Å². The number of nitrogens with two attached hydrogens (primary N) is 1. The zero-order valence-electron chi connectivity index (χ0n) is 11.1. The van der Waals surface area contributed by atoms with Gasteiger partial charge < -0.3 is 16.3 Å². The van der Waals surface area contributed by atoms with Crippen molar-refractivity contribution in [3.8, 4) is 0 Å². The van der Waals surface area contributed by atoms with Gasteiger partial charge in [0.1, 0.15) is 5.84 Å². The van der Waals surface area contributed by atoms with Crippen LogP contribution in [0.2, 0.25) is 0 Å². The van der Waals surface area contributed by atoms with Crippen molar-refractivity contribution in [2.75, 3.05) is 6.54 Å². The van der Waals surface area contributed by atoms with Gasteiger partial charge in [-0.1, -0.05) is 48.8 Å². The van der Waals surface area contributed by atoms with Gasteiger partial charge in [-0.3, -0.25) is 0 Å². The van der Waals surface area contributed by atoms with Crippen LogP contribution in [0.4, 0.5) is 0 Å². The Balaban J connectivity index is 2.69. The molecule has 0 bridgehead atoms. The predicted octanol–water partition coefficient (Wildman–Crippen LogP) is 2.29. The molecule has 0 aliphatic carbocycles. The summed E-state index contributed by atoms with van der Waals surface area (Å²) in [4.78, 5) is 0. The summed E-state index contributed by atoms with van der Waals surface area (Å²) in [5.41, 5.74) is 6.83. The highest BCUT2D eigenvalue weighted by molar-refractivity contribution is 5.87. The van der Waals surface area contributed by atoms with Crippen molar-refractivity contribution in [1.82, 2.24) is 5.32 Å². The lowest BCUT2D eigenvalue weighted by Gasteiger charge is -2.20. The van der Waals surface area contributed by atoms with Crippen LogP contribution in [0.25, 0.3) is 0 Å². The number of oxime groups is 1. The maximum absolute atomic E-state index is 8.87. The molecule has 0 aromatic heterocycles. The lowest BCUT2D eigenvalue weighted by molar-refractivity contribution is 0.315. The Labute approximate surface area is 109 Å². The Bertz CT molecular complexity index is 365. The van der Waals surface area contributed by atoms with E-state index in [1.54, 1.807) is 0 Å². The van der Waals surface area contributed by atoms with Gasteiger partial charge in [0, 0.05) is 12.6 Å². The number of amidine groups is 1. The molecule has 0 amide bonds. The molecule has 18 heavy (non-hydrogen) atoms. The first-order valence-corrected chi connectivity index (χ1v) is 6.44. The van der Waals surface area contributed by atoms with Gasteiger partial charge in [0.05, 0.1) is 5.92 Å². The van der Waals surface area contributed by atoms with Gasteiger partial charge in [0.15, 0.2) is 0 Å². The monoisotopic (exact) mass is 249 g/mol. The highest BCUT2D eigenvalue weighted by Gasteiger charge is 2.16. The van der Waals surface area contributed by atoms with E-state index < -0.39 is 0 Å². The topological polar surface area (TPSA) is 70.6 Å². The van der Waals surface area contributed by atoms with Crippen molar-refractivity contribution in [3.63, 3.8) is 0 Å². The molecule has 0 aliphatic rings. The van der Waals surface area contributed by atoms with Gasteiger partial charge in [-0.15, -0.1) is 0 Å². The molecule has 4 N–H and O–H groups in total. The van der Waals surface area contributed by atoms with E-state index in [0.717, 1.165) is 18.4 Å². The molecule has 0 saturated carbocycles. The fourth-order valence-corrected chi connectivity index (χ4v) is 2.00. The van der Waals surface area contributed by atoms with Crippen LogP contribution in [0.3, 0.4) is 0 Å². The average Bonchev–Trinajstić information content (AvgIpc) is 2.40. The van der Waals surface area contributed by atoms with Crippen LogP contribution in [-0.2, 0) is 0 Å². The van der Waals surface area contributed by atoms with E-state index in [9.17, 15) is 0 Å². The summed E-state index contributed by atoms with van der Waals surface area (Å²) < 4.78 is 0. The van der Waals surface area contributed by atoms with Crippen molar-refractivity contribution < 1.29 is 5.21 Å². The molecule has 4 heteroatoms. The quantitative estimate of drug-likeness (QED) is 0.300. The minimum Gasteiger partial charge on any atom is -0.409 e. The summed E-state index contributed by atoms with van der Waals surface area (Å²) in [5.74, 6) is 0.160. The molecule has 0 saturated heterocycles. The molecule has 2 unspecified atom stereocenters. The second-order valence-electron chi connectivity index (χ2n) is 4.59. The number of nitrogens with one attached hydrogen (secondary N) is 1. The minimum absolute atomic E-state index is 0.0875. The zero-order chi connectivity index (χ0) is 13.4. The Kier molecular flexibility index (Phi) is 6.22. The Morgan fingerprint density at radius 3 is 2.61 bits per heavy atom. The van der Waals surface area contributed by atoms with Crippen LogP contribution in [0.1, 0.15) is 38.2 Å². The molecule has 100 valence electrons. The Morgan fingerprint density at radius 2 is 2.06 bits per heavy atom. The number of hydrogen-bond acceptors (Lipinski definition) is 3. The smallest absolute Gasteiger partial charge is 0.147 e. The number of nitrogens with zero attached hydrogens (tertiary/aromatic N) is 1. The summed E-state index contributed by atoms with van der Waals surface area (Å²) in [6, 6.07) is 10.3. The number of benzene rings is 1. The van der Waals surface area contributed by atoms with Gasteiger partial charge in [-0.05, 0) is 18.9 Å². The molecule has 0 heterocycles. The summed E-state index contributed by atoms with van der Waals surface area (Å²) >= 11 is 0. The molecular weight excluding hydrogens is 226 g/mol. The lowest BCUT2D eigenvalue weighted by Crippen LogP contribution is -2.35. The maximum atomic E-state index is 8.87. The van der Waals surface area contributed by atoms with Gasteiger partial charge in [-0.25, -0.2) is 0 Å². The third-order valence-electron chi connectivity index (χ3n) is 3.07. The van der Waals surface area contributed by atoms with Gasteiger partial charge in [0.25, 0.3) is 0 Å². The maximum Gasteiger partial charge on any atom is 0.147 e. The lowest BCUT2D eigenvalue weighted by atomic mass is 9.97. The second-order valence-corrected chi connectivity index (χ2v) is 4.59. The van der Waals surface area contributed by atoms with Gasteiger partial charge in [-0.2, -0.15) is 0 Å². The summed E-state index contributed by atoms with van der Waals surface area (Å²) in [5, 5.41) is 15.4. The van der Waals surface area contributed by atoms with E-state index in [-0.39, 0.29) is 11.8 Å². The van der Waals surface area contributed by atoms with Gasteiger partial charge >= 0.3 is 0 Å². The molecule has 0 radical (unpaired) electrons. The summed E-state index contributed by atoms with van der Waals surface area (Å²) in [7, 11) is 0. The van der Waals surface area contributed by atoms with Gasteiger partial charge in [0.2, 0.25) is 0 Å². The van der Waals surface area contributed by atoms with Crippen molar-refractivity contribution >= 4 is 5.84 Å². The van der Waals surface area contributed by atoms with Crippen LogP contribution in [0.5, 0.6) is 0 Å². The molecule has 2 atom stereocenters. The van der Waals surface area contributed by atoms with Crippen molar-refractivity contribution in [3.05, 3.63) is 35.9 Å². The molecule has 1 rings (SSSR count). The molecule has 0 spiro atoms. The third-order valence-corrected chi connectivity index (χ3v) is 3.07. The van der Waals surface area contributed by atoms with Crippen LogP contribution in [-0.4, -0.2) is 23.6 Å².